The van der Waals surface area contributed by atoms with E-state index in [1.54, 1.807) is 0 Å². The van der Waals surface area contributed by atoms with E-state index < -0.39 is 0 Å². The second-order valence-electron chi connectivity index (χ2n) is 6.30. The highest BCUT2D eigenvalue weighted by Gasteiger charge is 2.31. The van der Waals surface area contributed by atoms with Gasteiger partial charge in [-0.3, -0.25) is 4.79 Å². The van der Waals surface area contributed by atoms with Gasteiger partial charge in [0.05, 0.1) is 18.9 Å². The number of amides is 1. The van der Waals surface area contributed by atoms with Crippen molar-refractivity contribution in [1.29, 1.82) is 0 Å². The average Bonchev–Trinajstić information content (AvgIpc) is 3.05. The number of fused-ring (bicyclic) bond motifs is 1. The molecule has 1 saturated heterocycles. The molecule has 4 rings (SSSR count). The van der Waals surface area contributed by atoms with Gasteiger partial charge in [-0.25, -0.2) is 0 Å². The van der Waals surface area contributed by atoms with E-state index in [4.69, 9.17) is 9.26 Å². The van der Waals surface area contributed by atoms with E-state index in [1.165, 1.54) is 0 Å². The van der Waals surface area contributed by atoms with Crippen molar-refractivity contribution >= 4 is 16.8 Å². The Morgan fingerprint density at radius 3 is 2.92 bits per heavy atom. The number of nitrogens with zero attached hydrogens (tertiary/aromatic N) is 1. The van der Waals surface area contributed by atoms with Crippen molar-refractivity contribution in [3.63, 3.8) is 0 Å². The van der Waals surface area contributed by atoms with E-state index in [-0.39, 0.29) is 11.8 Å². The fourth-order valence-corrected chi connectivity index (χ4v) is 3.12. The summed E-state index contributed by atoms with van der Waals surface area (Å²) in [5.41, 5.74) is 4.89. The smallest absolute Gasteiger partial charge is 0.290 e. The summed E-state index contributed by atoms with van der Waals surface area (Å²) in [6.45, 7) is 5.56. The van der Waals surface area contributed by atoms with Gasteiger partial charge in [0.25, 0.3) is 5.91 Å². The highest BCUT2D eigenvalue weighted by molar-refractivity contribution is 5.93. The summed E-state index contributed by atoms with van der Waals surface area (Å²) in [6, 6.07) is 8.20. The normalized spacial score (nSPS) is 14.8. The molecule has 3 aromatic rings. The van der Waals surface area contributed by atoms with Crippen LogP contribution in [0.4, 0.5) is 0 Å². The number of aryl methyl sites for hydroxylation is 2. The molecular weight excluding hydrogens is 306 g/mol. The van der Waals surface area contributed by atoms with Gasteiger partial charge in [-0.2, -0.15) is 0 Å². The summed E-state index contributed by atoms with van der Waals surface area (Å²) in [5, 5.41) is 8.00. The maximum Gasteiger partial charge on any atom is 0.290 e. The Morgan fingerprint density at radius 2 is 2.17 bits per heavy atom. The number of aromatic amines is 1. The molecule has 1 fully saturated rings. The van der Waals surface area contributed by atoms with Crippen LogP contribution in [-0.2, 0) is 11.3 Å². The van der Waals surface area contributed by atoms with E-state index >= 15 is 0 Å². The van der Waals surface area contributed by atoms with Crippen molar-refractivity contribution < 1.29 is 14.1 Å². The summed E-state index contributed by atoms with van der Waals surface area (Å²) in [6.07, 6.45) is 0. The van der Waals surface area contributed by atoms with E-state index in [9.17, 15) is 4.79 Å². The maximum atomic E-state index is 12.5. The van der Waals surface area contributed by atoms with Gasteiger partial charge in [0, 0.05) is 29.2 Å². The van der Waals surface area contributed by atoms with Gasteiger partial charge in [0.2, 0.25) is 5.76 Å². The van der Waals surface area contributed by atoms with Crippen molar-refractivity contribution in [2.45, 2.75) is 26.3 Å². The number of benzene rings is 1. The first-order valence-corrected chi connectivity index (χ1v) is 8.02. The minimum atomic E-state index is -0.233. The Morgan fingerprint density at radius 1 is 1.33 bits per heavy atom. The van der Waals surface area contributed by atoms with Crippen molar-refractivity contribution in [2.24, 2.45) is 0 Å². The third-order valence-corrected chi connectivity index (χ3v) is 4.43. The molecule has 6 nitrogen and oxygen atoms in total. The number of rotatable bonds is 4. The van der Waals surface area contributed by atoms with Crippen molar-refractivity contribution in [3.05, 3.63) is 52.5 Å². The van der Waals surface area contributed by atoms with Gasteiger partial charge in [-0.05, 0) is 43.0 Å². The fraction of sp³-hybridized carbons (Fsp3) is 0.333. The van der Waals surface area contributed by atoms with Gasteiger partial charge >= 0.3 is 0 Å². The van der Waals surface area contributed by atoms with Crippen LogP contribution in [0.15, 0.2) is 28.8 Å². The number of H-pyrrole nitrogens is 1. The number of hydrogen-bond donors (Lipinski definition) is 2. The molecule has 2 N–H and O–H groups in total. The first-order valence-electron chi connectivity index (χ1n) is 8.02. The Labute approximate surface area is 139 Å². The van der Waals surface area contributed by atoms with Gasteiger partial charge < -0.3 is 19.6 Å². The van der Waals surface area contributed by atoms with E-state index in [0.29, 0.717) is 25.5 Å². The van der Waals surface area contributed by atoms with E-state index in [2.05, 4.69) is 27.6 Å². The summed E-state index contributed by atoms with van der Waals surface area (Å²) in [4.78, 5) is 15.8. The Balaban J connectivity index is 1.49. The molecular formula is C18H19N3O3. The highest BCUT2D eigenvalue weighted by atomic mass is 16.5. The number of carbonyl (C=O) groups excluding carboxylic acids is 1. The van der Waals surface area contributed by atoms with Gasteiger partial charge in [-0.1, -0.05) is 11.2 Å². The molecule has 0 bridgehead atoms. The van der Waals surface area contributed by atoms with Crippen LogP contribution in [-0.4, -0.2) is 29.3 Å². The first-order chi connectivity index (χ1) is 11.6. The van der Waals surface area contributed by atoms with E-state index in [1.807, 2.05) is 26.0 Å². The molecule has 1 aliphatic heterocycles. The van der Waals surface area contributed by atoms with Crippen molar-refractivity contribution in [1.82, 2.24) is 15.5 Å². The van der Waals surface area contributed by atoms with Crippen molar-refractivity contribution in [3.8, 4) is 0 Å². The molecule has 0 spiro atoms. The van der Waals surface area contributed by atoms with Crippen LogP contribution in [0.25, 0.3) is 10.9 Å². The molecule has 0 aliphatic carbocycles. The van der Waals surface area contributed by atoms with E-state index in [0.717, 1.165) is 33.4 Å². The maximum absolute atomic E-state index is 12.5. The lowest BCUT2D eigenvalue weighted by molar-refractivity contribution is 0.00755. The molecule has 3 heterocycles. The number of ether oxygens (including phenoxy) is 1. The van der Waals surface area contributed by atoms with Crippen LogP contribution >= 0.6 is 0 Å². The number of hydrogen-bond acceptors (Lipinski definition) is 4. The quantitative estimate of drug-likeness (QED) is 0.773. The third kappa shape index (κ3) is 2.59. The average molecular weight is 325 g/mol. The predicted molar refractivity (Wildman–Crippen MR) is 89.0 cm³/mol. The molecule has 0 atom stereocenters. The number of nitrogens with one attached hydrogen (secondary N) is 2. The second-order valence-corrected chi connectivity index (χ2v) is 6.30. The number of carbonyl (C=O) groups is 1. The zero-order valence-electron chi connectivity index (χ0n) is 13.7. The van der Waals surface area contributed by atoms with Gasteiger partial charge in [-0.15, -0.1) is 0 Å². The molecule has 1 aromatic carbocycles. The van der Waals surface area contributed by atoms with Crippen LogP contribution < -0.4 is 5.32 Å². The molecule has 1 amide bonds. The van der Waals surface area contributed by atoms with Gasteiger partial charge in [0.1, 0.15) is 0 Å². The lowest BCUT2D eigenvalue weighted by Gasteiger charge is -2.25. The lowest BCUT2D eigenvalue weighted by atomic mass is 9.95. The zero-order chi connectivity index (χ0) is 16.7. The molecule has 24 heavy (non-hydrogen) atoms. The molecule has 0 radical (unpaired) electrons. The monoisotopic (exact) mass is 325 g/mol. The Hall–Kier alpha value is -2.60. The standard InChI is InChI=1S/C18H19N3O3/c1-10-5-13-6-12(3-4-15(13)20-10)7-19-18(22)17-16(11(2)21-24-17)14-8-23-9-14/h3-6,14,20H,7-9H2,1-2H3,(H,19,22). The predicted octanol–water partition coefficient (Wildman–Crippen LogP) is 2.82. The topological polar surface area (TPSA) is 80.2 Å². The second kappa shape index (κ2) is 5.79. The molecule has 0 unspecified atom stereocenters. The van der Waals surface area contributed by atoms with Crippen LogP contribution in [0, 0.1) is 13.8 Å². The lowest BCUT2D eigenvalue weighted by Crippen LogP contribution is -2.29. The van der Waals surface area contributed by atoms with Crippen LogP contribution in [0.2, 0.25) is 0 Å². The molecule has 0 saturated carbocycles. The largest absolute Gasteiger partial charge is 0.380 e. The third-order valence-electron chi connectivity index (χ3n) is 4.43. The van der Waals surface area contributed by atoms with Crippen LogP contribution in [0.5, 0.6) is 0 Å². The Kier molecular flexibility index (Phi) is 3.61. The fourth-order valence-electron chi connectivity index (χ4n) is 3.12. The summed E-state index contributed by atoms with van der Waals surface area (Å²) >= 11 is 0. The molecule has 2 aromatic heterocycles. The van der Waals surface area contributed by atoms with Gasteiger partial charge in [0.15, 0.2) is 0 Å². The summed E-state index contributed by atoms with van der Waals surface area (Å²) in [7, 11) is 0. The van der Waals surface area contributed by atoms with Crippen LogP contribution in [0.3, 0.4) is 0 Å². The van der Waals surface area contributed by atoms with Crippen molar-refractivity contribution in [2.75, 3.05) is 13.2 Å². The Bertz CT molecular complexity index is 906. The SMILES string of the molecule is Cc1cc2cc(CNC(=O)c3onc(C)c3C3COC3)ccc2[nH]1. The highest BCUT2D eigenvalue weighted by Crippen LogP contribution is 2.29. The summed E-state index contributed by atoms with van der Waals surface area (Å²) in [5.74, 6) is 0.276. The number of aromatic nitrogens is 2. The zero-order valence-corrected chi connectivity index (χ0v) is 13.7. The molecule has 124 valence electrons. The molecule has 1 aliphatic rings. The minimum absolute atomic E-state index is 0.205. The molecule has 6 heteroatoms. The minimum Gasteiger partial charge on any atom is -0.380 e. The summed E-state index contributed by atoms with van der Waals surface area (Å²) < 4.78 is 10.5. The van der Waals surface area contributed by atoms with Crippen LogP contribution in [0.1, 0.15) is 39.0 Å². The first kappa shape index (κ1) is 15.0.